The van der Waals surface area contributed by atoms with Gasteiger partial charge in [-0.2, -0.15) is 0 Å². The van der Waals surface area contributed by atoms with Crippen LogP contribution >= 0.6 is 0 Å². The van der Waals surface area contributed by atoms with Crippen molar-refractivity contribution in [1.82, 2.24) is 10.2 Å². The second-order valence-electron chi connectivity index (χ2n) is 7.32. The maximum absolute atomic E-state index is 12.4. The van der Waals surface area contributed by atoms with Gasteiger partial charge in [0.25, 0.3) is 5.91 Å². The van der Waals surface area contributed by atoms with Gasteiger partial charge in [-0.1, -0.05) is 60.7 Å². The summed E-state index contributed by atoms with van der Waals surface area (Å²) in [7, 11) is 2.04. The summed E-state index contributed by atoms with van der Waals surface area (Å²) in [5, 5.41) is 3.03. The molecule has 0 saturated carbocycles. The average Bonchev–Trinajstić information content (AvgIpc) is 3.16. The van der Waals surface area contributed by atoms with Crippen LogP contribution in [-0.2, 0) is 19.5 Å². The Balaban J connectivity index is 1.46. The molecule has 1 unspecified atom stereocenters. The Morgan fingerprint density at radius 3 is 2.25 bits per heavy atom. The van der Waals surface area contributed by atoms with Crippen LogP contribution in [0.1, 0.15) is 40.8 Å². The molecule has 0 spiro atoms. The van der Waals surface area contributed by atoms with Crippen molar-refractivity contribution in [2.45, 2.75) is 38.9 Å². The van der Waals surface area contributed by atoms with Gasteiger partial charge in [0, 0.05) is 12.6 Å². The molecule has 1 atom stereocenters. The number of benzene rings is 2. The van der Waals surface area contributed by atoms with Crippen LogP contribution in [0.3, 0.4) is 0 Å². The van der Waals surface area contributed by atoms with Gasteiger partial charge >= 0.3 is 0 Å². The summed E-state index contributed by atoms with van der Waals surface area (Å²) >= 11 is 0. The Morgan fingerprint density at radius 2 is 1.57 bits per heavy atom. The third-order valence-electron chi connectivity index (χ3n) is 4.69. The van der Waals surface area contributed by atoms with Crippen LogP contribution in [0, 0.1) is 0 Å². The van der Waals surface area contributed by atoms with E-state index in [-0.39, 0.29) is 11.9 Å². The quantitative estimate of drug-likeness (QED) is 0.591. The fraction of sp³-hybridized carbons (Fsp3) is 0.292. The van der Waals surface area contributed by atoms with Gasteiger partial charge in [-0.15, -0.1) is 0 Å². The molecule has 1 N–H and O–H groups in total. The van der Waals surface area contributed by atoms with Gasteiger partial charge in [-0.25, -0.2) is 0 Å². The van der Waals surface area contributed by atoms with Crippen LogP contribution < -0.4 is 5.32 Å². The molecule has 0 aliphatic heterocycles. The maximum Gasteiger partial charge on any atom is 0.287 e. The van der Waals surface area contributed by atoms with Gasteiger partial charge in [0.2, 0.25) is 0 Å². The topological polar surface area (TPSA) is 45.5 Å². The van der Waals surface area contributed by atoms with Gasteiger partial charge in [0.1, 0.15) is 5.76 Å². The summed E-state index contributed by atoms with van der Waals surface area (Å²) in [5.74, 6) is 1.01. The summed E-state index contributed by atoms with van der Waals surface area (Å²) in [6, 6.07) is 24.3. The highest BCUT2D eigenvalue weighted by molar-refractivity contribution is 5.91. The van der Waals surface area contributed by atoms with E-state index in [2.05, 4.69) is 34.5 Å². The monoisotopic (exact) mass is 376 g/mol. The molecule has 4 nitrogen and oxygen atoms in total. The minimum absolute atomic E-state index is 0.0852. The van der Waals surface area contributed by atoms with Crippen molar-refractivity contribution in [2.24, 2.45) is 0 Å². The smallest absolute Gasteiger partial charge is 0.287 e. The molecule has 1 amide bonds. The second kappa shape index (κ2) is 9.90. The fourth-order valence-electron chi connectivity index (χ4n) is 3.20. The average molecular weight is 377 g/mol. The van der Waals surface area contributed by atoms with E-state index in [9.17, 15) is 4.79 Å². The van der Waals surface area contributed by atoms with E-state index >= 15 is 0 Å². The van der Waals surface area contributed by atoms with Gasteiger partial charge in [0.05, 0.1) is 6.54 Å². The zero-order chi connectivity index (χ0) is 19.8. The fourth-order valence-corrected chi connectivity index (χ4v) is 3.20. The first-order chi connectivity index (χ1) is 13.6. The third kappa shape index (κ3) is 6.10. The zero-order valence-electron chi connectivity index (χ0n) is 16.6. The highest BCUT2D eigenvalue weighted by Crippen LogP contribution is 2.13. The summed E-state index contributed by atoms with van der Waals surface area (Å²) in [6.07, 6.45) is 1.83. The lowest BCUT2D eigenvalue weighted by molar-refractivity contribution is 0.0907. The Morgan fingerprint density at radius 1 is 0.929 bits per heavy atom. The molecule has 0 aliphatic rings. The Labute approximate surface area is 167 Å². The SMILES string of the molecule is CC(CCc1ccccc1)NC(=O)c1ccc(CN(C)Cc2ccccc2)o1. The molecule has 3 rings (SSSR count). The zero-order valence-corrected chi connectivity index (χ0v) is 16.6. The van der Waals surface area contributed by atoms with Gasteiger partial charge in [-0.05, 0) is 50.1 Å². The lowest BCUT2D eigenvalue weighted by Gasteiger charge is -2.15. The molecule has 4 heteroatoms. The molecule has 28 heavy (non-hydrogen) atoms. The number of hydrogen-bond acceptors (Lipinski definition) is 3. The second-order valence-corrected chi connectivity index (χ2v) is 7.32. The van der Waals surface area contributed by atoms with Gasteiger partial charge < -0.3 is 9.73 Å². The Bertz CT molecular complexity index is 859. The van der Waals surface area contributed by atoms with Crippen molar-refractivity contribution in [3.8, 4) is 0 Å². The van der Waals surface area contributed by atoms with E-state index in [1.54, 1.807) is 6.07 Å². The Hall–Kier alpha value is -2.85. The van der Waals surface area contributed by atoms with E-state index in [1.807, 2.05) is 56.4 Å². The van der Waals surface area contributed by atoms with E-state index in [0.717, 1.165) is 25.1 Å². The first-order valence-corrected chi connectivity index (χ1v) is 9.76. The van der Waals surface area contributed by atoms with Crippen LogP contribution in [0.5, 0.6) is 0 Å². The number of aryl methyl sites for hydroxylation is 1. The lowest BCUT2D eigenvalue weighted by Crippen LogP contribution is -2.32. The number of nitrogens with one attached hydrogen (secondary N) is 1. The molecule has 2 aromatic carbocycles. The molecule has 1 aromatic heterocycles. The van der Waals surface area contributed by atoms with Gasteiger partial charge in [-0.3, -0.25) is 9.69 Å². The number of carbonyl (C=O) groups excluding carboxylic acids is 1. The van der Waals surface area contributed by atoms with Crippen molar-refractivity contribution in [1.29, 1.82) is 0 Å². The van der Waals surface area contributed by atoms with Crippen LogP contribution in [0.4, 0.5) is 0 Å². The van der Waals surface area contributed by atoms with Crippen molar-refractivity contribution < 1.29 is 9.21 Å². The van der Waals surface area contributed by atoms with Crippen molar-refractivity contribution in [3.05, 3.63) is 95.4 Å². The summed E-state index contributed by atoms with van der Waals surface area (Å²) in [6.45, 7) is 3.52. The predicted molar refractivity (Wildman–Crippen MR) is 112 cm³/mol. The van der Waals surface area contributed by atoms with Crippen LogP contribution in [-0.4, -0.2) is 23.9 Å². The largest absolute Gasteiger partial charge is 0.455 e. The number of carbonyl (C=O) groups is 1. The van der Waals surface area contributed by atoms with E-state index in [0.29, 0.717) is 12.3 Å². The highest BCUT2D eigenvalue weighted by Gasteiger charge is 2.15. The highest BCUT2D eigenvalue weighted by atomic mass is 16.4. The van der Waals surface area contributed by atoms with Crippen molar-refractivity contribution in [2.75, 3.05) is 7.05 Å². The Kier molecular flexibility index (Phi) is 7.04. The molecular formula is C24H28N2O2. The lowest BCUT2D eigenvalue weighted by atomic mass is 10.1. The van der Waals surface area contributed by atoms with Crippen molar-refractivity contribution >= 4 is 5.91 Å². The number of rotatable bonds is 9. The van der Waals surface area contributed by atoms with Crippen LogP contribution in [0.2, 0.25) is 0 Å². The van der Waals surface area contributed by atoms with E-state index in [1.165, 1.54) is 11.1 Å². The molecule has 0 aliphatic carbocycles. The molecule has 1 heterocycles. The summed E-state index contributed by atoms with van der Waals surface area (Å²) < 4.78 is 5.76. The molecule has 0 bridgehead atoms. The third-order valence-corrected chi connectivity index (χ3v) is 4.69. The molecular weight excluding hydrogens is 348 g/mol. The maximum atomic E-state index is 12.4. The number of furan rings is 1. The van der Waals surface area contributed by atoms with E-state index < -0.39 is 0 Å². The predicted octanol–water partition coefficient (Wildman–Crippen LogP) is 4.66. The molecule has 0 saturated heterocycles. The molecule has 0 radical (unpaired) electrons. The van der Waals surface area contributed by atoms with Crippen LogP contribution in [0.15, 0.2) is 77.2 Å². The van der Waals surface area contributed by atoms with Crippen molar-refractivity contribution in [3.63, 3.8) is 0 Å². The van der Waals surface area contributed by atoms with Gasteiger partial charge in [0.15, 0.2) is 5.76 Å². The van der Waals surface area contributed by atoms with E-state index in [4.69, 9.17) is 4.42 Å². The minimum Gasteiger partial charge on any atom is -0.455 e. The van der Waals surface area contributed by atoms with Crippen LogP contribution in [0.25, 0.3) is 0 Å². The summed E-state index contributed by atoms with van der Waals surface area (Å²) in [4.78, 5) is 14.6. The first kappa shape index (κ1) is 19.9. The molecule has 0 fully saturated rings. The number of hydrogen-bond donors (Lipinski definition) is 1. The standard InChI is InChI=1S/C24H28N2O2/c1-19(13-14-20-9-5-3-6-10-20)25-24(27)23-16-15-22(28-23)18-26(2)17-21-11-7-4-8-12-21/h3-12,15-16,19H,13-14,17-18H2,1-2H3,(H,25,27). The minimum atomic E-state index is -0.155. The number of amides is 1. The first-order valence-electron chi connectivity index (χ1n) is 9.76. The molecule has 146 valence electrons. The number of nitrogens with zero attached hydrogens (tertiary/aromatic N) is 1. The molecule has 3 aromatic rings. The summed E-state index contributed by atoms with van der Waals surface area (Å²) in [5.41, 5.74) is 2.53. The normalized spacial score (nSPS) is 12.1.